The van der Waals surface area contributed by atoms with Gasteiger partial charge >= 0.3 is 0 Å². The Balaban J connectivity index is 1.71. The molecule has 3 aromatic rings. The molecule has 7 heteroatoms. The summed E-state index contributed by atoms with van der Waals surface area (Å²) in [4.78, 5) is 17.5. The molecule has 1 aromatic carbocycles. The standard InChI is InChI=1S/C15H14N2O2S3/c1-17-14(18)13-12(7-8-20-13)16-15(17)21-9-10-22(19)11-5-3-2-4-6-11/h2-8H,9-10H2,1H3/t22-/m0/s1. The van der Waals surface area contributed by atoms with E-state index in [-0.39, 0.29) is 5.56 Å². The van der Waals surface area contributed by atoms with E-state index in [4.69, 9.17) is 0 Å². The van der Waals surface area contributed by atoms with Crippen molar-refractivity contribution in [3.8, 4) is 0 Å². The molecule has 2 aromatic heterocycles. The summed E-state index contributed by atoms with van der Waals surface area (Å²) in [6.45, 7) is 0. The minimum absolute atomic E-state index is 0.0216. The Morgan fingerprint density at radius 2 is 2.05 bits per heavy atom. The summed E-state index contributed by atoms with van der Waals surface area (Å²) in [5, 5.41) is 2.54. The van der Waals surface area contributed by atoms with E-state index in [1.807, 2.05) is 41.8 Å². The first-order valence-electron chi connectivity index (χ1n) is 6.67. The summed E-state index contributed by atoms with van der Waals surface area (Å²) in [6, 6.07) is 11.3. The monoisotopic (exact) mass is 350 g/mol. The molecule has 2 heterocycles. The lowest BCUT2D eigenvalue weighted by Gasteiger charge is -2.07. The smallest absolute Gasteiger partial charge is 0.271 e. The molecular weight excluding hydrogens is 336 g/mol. The van der Waals surface area contributed by atoms with Crippen LogP contribution in [0.2, 0.25) is 0 Å². The summed E-state index contributed by atoms with van der Waals surface area (Å²) in [5.41, 5.74) is 0.714. The van der Waals surface area contributed by atoms with E-state index < -0.39 is 10.8 Å². The van der Waals surface area contributed by atoms with Gasteiger partial charge in [-0.2, -0.15) is 0 Å². The Bertz CT molecular complexity index is 871. The molecule has 0 bridgehead atoms. The first-order valence-corrected chi connectivity index (χ1v) is 9.85. The SMILES string of the molecule is Cn1c(SCC[S@](=O)c2ccccc2)nc2ccsc2c1=O. The van der Waals surface area contributed by atoms with E-state index in [1.54, 1.807) is 11.6 Å². The van der Waals surface area contributed by atoms with Gasteiger partial charge in [-0.3, -0.25) is 13.6 Å². The minimum atomic E-state index is -1.02. The van der Waals surface area contributed by atoms with Crippen molar-refractivity contribution in [3.63, 3.8) is 0 Å². The third kappa shape index (κ3) is 3.16. The summed E-state index contributed by atoms with van der Waals surface area (Å²) in [6.07, 6.45) is 0. The highest BCUT2D eigenvalue weighted by Gasteiger charge is 2.10. The molecule has 0 spiro atoms. The Labute approximate surface area is 138 Å². The van der Waals surface area contributed by atoms with Gasteiger partial charge in [0.25, 0.3) is 5.56 Å². The van der Waals surface area contributed by atoms with Crippen LogP contribution in [0, 0.1) is 0 Å². The highest BCUT2D eigenvalue weighted by atomic mass is 32.2. The predicted octanol–water partition coefficient (Wildman–Crippen LogP) is 2.89. The van der Waals surface area contributed by atoms with E-state index in [0.29, 0.717) is 21.4 Å². The van der Waals surface area contributed by atoms with Crippen molar-refractivity contribution in [2.45, 2.75) is 10.1 Å². The molecule has 0 aliphatic rings. The second kappa shape index (κ2) is 6.76. The maximum Gasteiger partial charge on any atom is 0.271 e. The molecular formula is C15H14N2O2S3. The first kappa shape index (κ1) is 15.5. The molecule has 0 saturated carbocycles. The van der Waals surface area contributed by atoms with Crippen LogP contribution in [0.4, 0.5) is 0 Å². The van der Waals surface area contributed by atoms with E-state index in [2.05, 4.69) is 4.98 Å². The zero-order chi connectivity index (χ0) is 15.5. The molecule has 0 fully saturated rings. The molecule has 3 rings (SSSR count). The molecule has 0 N–H and O–H groups in total. The lowest BCUT2D eigenvalue weighted by atomic mass is 10.4. The van der Waals surface area contributed by atoms with Gasteiger partial charge in [0.2, 0.25) is 0 Å². The van der Waals surface area contributed by atoms with Gasteiger partial charge in [0.1, 0.15) is 4.70 Å². The molecule has 22 heavy (non-hydrogen) atoms. The largest absolute Gasteiger partial charge is 0.290 e. The van der Waals surface area contributed by atoms with Crippen LogP contribution < -0.4 is 5.56 Å². The zero-order valence-corrected chi connectivity index (χ0v) is 14.3. The second-order valence-electron chi connectivity index (χ2n) is 4.60. The fourth-order valence-corrected chi connectivity index (χ4v) is 5.06. The van der Waals surface area contributed by atoms with Gasteiger partial charge in [-0.25, -0.2) is 4.98 Å². The van der Waals surface area contributed by atoms with Crippen molar-refractivity contribution in [2.24, 2.45) is 7.05 Å². The number of benzene rings is 1. The Kier molecular flexibility index (Phi) is 4.75. The van der Waals surface area contributed by atoms with Gasteiger partial charge in [0.15, 0.2) is 5.16 Å². The van der Waals surface area contributed by atoms with Crippen LogP contribution in [0.15, 0.2) is 56.6 Å². The van der Waals surface area contributed by atoms with Crippen molar-refractivity contribution in [1.29, 1.82) is 0 Å². The molecule has 114 valence electrons. The maximum atomic E-state index is 12.2. The van der Waals surface area contributed by atoms with Gasteiger partial charge in [-0.05, 0) is 23.6 Å². The maximum absolute atomic E-state index is 12.2. The van der Waals surface area contributed by atoms with Crippen molar-refractivity contribution in [3.05, 3.63) is 52.1 Å². The zero-order valence-electron chi connectivity index (χ0n) is 11.9. The number of thiophene rings is 1. The summed E-state index contributed by atoms with van der Waals surface area (Å²) < 4.78 is 14.4. The number of thioether (sulfide) groups is 1. The van der Waals surface area contributed by atoms with Crippen LogP contribution in [0.5, 0.6) is 0 Å². The Hall–Kier alpha value is -1.44. The predicted molar refractivity (Wildman–Crippen MR) is 93.3 cm³/mol. The highest BCUT2D eigenvalue weighted by Crippen LogP contribution is 2.20. The summed E-state index contributed by atoms with van der Waals surface area (Å²) in [7, 11) is 0.705. The van der Waals surface area contributed by atoms with Crippen LogP contribution in [-0.2, 0) is 17.8 Å². The number of rotatable bonds is 5. The number of hydrogen-bond acceptors (Lipinski definition) is 5. The first-order chi connectivity index (χ1) is 10.7. The molecule has 4 nitrogen and oxygen atoms in total. The fraction of sp³-hybridized carbons (Fsp3) is 0.200. The molecule has 1 atom stereocenters. The van der Waals surface area contributed by atoms with Crippen LogP contribution in [0.25, 0.3) is 10.2 Å². The van der Waals surface area contributed by atoms with Crippen LogP contribution in [0.1, 0.15) is 0 Å². The van der Waals surface area contributed by atoms with Crippen molar-refractivity contribution >= 4 is 44.1 Å². The van der Waals surface area contributed by atoms with Crippen molar-refractivity contribution < 1.29 is 4.21 Å². The van der Waals surface area contributed by atoms with E-state index in [9.17, 15) is 9.00 Å². The average Bonchev–Trinajstić information content (AvgIpc) is 3.01. The molecule has 0 aliphatic heterocycles. The van der Waals surface area contributed by atoms with Crippen molar-refractivity contribution in [2.75, 3.05) is 11.5 Å². The third-order valence-electron chi connectivity index (χ3n) is 3.15. The molecule has 0 amide bonds. The number of aromatic nitrogens is 2. The van der Waals surface area contributed by atoms with Crippen LogP contribution in [-0.4, -0.2) is 25.3 Å². The third-order valence-corrected chi connectivity index (χ3v) is 6.71. The van der Waals surface area contributed by atoms with E-state index in [0.717, 1.165) is 10.4 Å². The Morgan fingerprint density at radius 1 is 1.27 bits per heavy atom. The fourth-order valence-electron chi connectivity index (χ4n) is 2.00. The summed E-state index contributed by atoms with van der Waals surface area (Å²) in [5.74, 6) is 1.18. The number of hydrogen-bond donors (Lipinski definition) is 0. The molecule has 0 unspecified atom stereocenters. The molecule has 0 aliphatic carbocycles. The second-order valence-corrected chi connectivity index (χ2v) is 8.15. The van der Waals surface area contributed by atoms with E-state index >= 15 is 0 Å². The van der Waals surface area contributed by atoms with Crippen LogP contribution in [0.3, 0.4) is 0 Å². The normalized spacial score (nSPS) is 12.6. The average molecular weight is 350 g/mol. The highest BCUT2D eigenvalue weighted by molar-refractivity contribution is 8.00. The van der Waals surface area contributed by atoms with Crippen LogP contribution >= 0.6 is 23.1 Å². The lowest BCUT2D eigenvalue weighted by molar-refractivity contribution is 0.684. The minimum Gasteiger partial charge on any atom is -0.290 e. The van der Waals surface area contributed by atoms with Gasteiger partial charge in [-0.15, -0.1) is 11.3 Å². The van der Waals surface area contributed by atoms with E-state index in [1.165, 1.54) is 23.1 Å². The number of fused-ring (bicyclic) bond motifs is 1. The topological polar surface area (TPSA) is 52.0 Å². The Morgan fingerprint density at radius 3 is 2.82 bits per heavy atom. The molecule has 0 radical (unpaired) electrons. The van der Waals surface area contributed by atoms with Crippen molar-refractivity contribution in [1.82, 2.24) is 9.55 Å². The summed E-state index contributed by atoms with van der Waals surface area (Å²) >= 11 is 2.87. The quantitative estimate of drug-likeness (QED) is 0.524. The van der Waals surface area contributed by atoms with Gasteiger partial charge in [-0.1, -0.05) is 30.0 Å². The number of nitrogens with zero attached hydrogens (tertiary/aromatic N) is 2. The van der Waals surface area contributed by atoms with Gasteiger partial charge in [0.05, 0.1) is 16.3 Å². The van der Waals surface area contributed by atoms with Gasteiger partial charge < -0.3 is 0 Å². The molecule has 0 saturated heterocycles. The van der Waals surface area contributed by atoms with Gasteiger partial charge in [0, 0.05) is 23.4 Å². The lowest BCUT2D eigenvalue weighted by Crippen LogP contribution is -2.19.